The largest absolute Gasteiger partial charge is 0.365 e. The van der Waals surface area contributed by atoms with E-state index < -0.39 is 15.7 Å². The summed E-state index contributed by atoms with van der Waals surface area (Å²) in [5.74, 6) is 0.382. The molecule has 0 aliphatic carbocycles. The Bertz CT molecular complexity index is 1690. The Hall–Kier alpha value is -3.98. The molecule has 1 unspecified atom stereocenters. The molecule has 2 aliphatic rings. The summed E-state index contributed by atoms with van der Waals surface area (Å²) in [6.45, 7) is 8.12. The minimum Gasteiger partial charge on any atom is -0.365 e. The van der Waals surface area contributed by atoms with Gasteiger partial charge in [-0.05, 0) is 66.3 Å². The Labute approximate surface area is 228 Å². The average Bonchev–Trinajstić information content (AvgIpc) is 3.19. The minimum absolute atomic E-state index is 0.0922. The molecule has 9 heteroatoms. The number of pyridine rings is 2. The Morgan fingerprint density at radius 1 is 1.00 bits per heavy atom. The van der Waals surface area contributed by atoms with Crippen molar-refractivity contribution < 1.29 is 13.2 Å². The molecule has 1 atom stereocenters. The Morgan fingerprint density at radius 3 is 2.28 bits per heavy atom. The van der Waals surface area contributed by atoms with Gasteiger partial charge in [-0.25, -0.2) is 18.4 Å². The van der Waals surface area contributed by atoms with Crippen molar-refractivity contribution in [2.75, 3.05) is 16.3 Å². The van der Waals surface area contributed by atoms with Gasteiger partial charge in [0.2, 0.25) is 9.84 Å². The number of anilines is 2. The predicted molar refractivity (Wildman–Crippen MR) is 151 cm³/mol. The third-order valence-corrected chi connectivity index (χ3v) is 9.56. The third kappa shape index (κ3) is 4.21. The molecule has 4 heterocycles. The van der Waals surface area contributed by atoms with Gasteiger partial charge >= 0.3 is 0 Å². The lowest BCUT2D eigenvalue weighted by atomic mass is 9.95. The zero-order valence-corrected chi connectivity index (χ0v) is 23.1. The van der Waals surface area contributed by atoms with Crippen LogP contribution in [0.1, 0.15) is 48.7 Å². The monoisotopic (exact) mass is 541 g/mol. The summed E-state index contributed by atoms with van der Waals surface area (Å²) in [5.41, 5.74) is 7.75. The van der Waals surface area contributed by atoms with E-state index in [0.717, 1.165) is 6.42 Å². The lowest BCUT2D eigenvalue weighted by molar-refractivity contribution is 0.0997. The van der Waals surface area contributed by atoms with Gasteiger partial charge in [-0.1, -0.05) is 49.4 Å². The number of amides is 1. The van der Waals surface area contributed by atoms with Crippen LogP contribution in [0.25, 0.3) is 10.8 Å². The van der Waals surface area contributed by atoms with E-state index in [0.29, 0.717) is 37.2 Å². The lowest BCUT2D eigenvalue weighted by Gasteiger charge is -2.34. The maximum absolute atomic E-state index is 14.0. The molecule has 4 aromatic rings. The van der Waals surface area contributed by atoms with Crippen molar-refractivity contribution in [2.45, 2.75) is 55.7 Å². The molecule has 2 aromatic carbocycles. The molecular formula is C30H31N5O3S. The van der Waals surface area contributed by atoms with Crippen LogP contribution in [0.3, 0.4) is 0 Å². The second kappa shape index (κ2) is 9.05. The van der Waals surface area contributed by atoms with E-state index in [1.54, 1.807) is 6.07 Å². The lowest BCUT2D eigenvalue weighted by Crippen LogP contribution is -2.40. The van der Waals surface area contributed by atoms with Gasteiger partial charge in [0.25, 0.3) is 5.91 Å². The van der Waals surface area contributed by atoms with Gasteiger partial charge in [0.15, 0.2) is 5.03 Å². The van der Waals surface area contributed by atoms with Crippen molar-refractivity contribution in [3.8, 4) is 0 Å². The highest BCUT2D eigenvalue weighted by Crippen LogP contribution is 2.39. The zero-order chi connectivity index (χ0) is 27.5. The molecule has 0 radical (unpaired) electrons. The van der Waals surface area contributed by atoms with E-state index in [9.17, 15) is 13.2 Å². The van der Waals surface area contributed by atoms with E-state index >= 15 is 0 Å². The van der Waals surface area contributed by atoms with Crippen LogP contribution in [0.4, 0.5) is 11.6 Å². The van der Waals surface area contributed by atoms with Gasteiger partial charge in [0.1, 0.15) is 17.2 Å². The molecule has 1 fully saturated rings. The molecule has 1 amide bonds. The van der Waals surface area contributed by atoms with Crippen LogP contribution in [0.5, 0.6) is 0 Å². The number of nitrogens with two attached hydrogens (primary N) is 1. The second-order valence-corrected chi connectivity index (χ2v) is 13.1. The SMILES string of the molecule is CC1CN(c2nccc(S(=O)(=O)c3cccc(N4Cc5cccc6cccc(c56)C4)n3)c2C(N)=O)C(C)(C)C1. The predicted octanol–water partition coefficient (Wildman–Crippen LogP) is 4.71. The number of primary amides is 1. The number of aromatic nitrogens is 2. The molecule has 200 valence electrons. The van der Waals surface area contributed by atoms with Crippen molar-refractivity contribution in [1.82, 2.24) is 9.97 Å². The Kier molecular flexibility index (Phi) is 5.87. The number of hydrogen-bond acceptors (Lipinski definition) is 7. The topological polar surface area (TPSA) is 109 Å². The molecule has 6 rings (SSSR count). The van der Waals surface area contributed by atoms with E-state index in [4.69, 9.17) is 5.73 Å². The fourth-order valence-electron chi connectivity index (χ4n) is 6.29. The second-order valence-electron chi connectivity index (χ2n) is 11.2. The molecule has 0 spiro atoms. The van der Waals surface area contributed by atoms with E-state index in [-0.39, 0.29) is 21.0 Å². The summed E-state index contributed by atoms with van der Waals surface area (Å²) in [4.78, 5) is 25.7. The standard InChI is InChI=1S/C30H31N5O3S/c1-19-15-30(2,3)35(16-19)29-27(28(31)36)23(13-14-32-29)39(37,38)25-12-6-11-24(33-25)34-17-21-9-4-7-20-8-5-10-22(18-34)26(20)21/h4-14,19H,15-18H2,1-3H3,(H2,31,36). The Balaban J connectivity index is 1.41. The Morgan fingerprint density at radius 2 is 1.67 bits per heavy atom. The van der Waals surface area contributed by atoms with Crippen LogP contribution < -0.4 is 15.5 Å². The first-order chi connectivity index (χ1) is 18.6. The maximum atomic E-state index is 14.0. The summed E-state index contributed by atoms with van der Waals surface area (Å²) >= 11 is 0. The molecule has 2 aromatic heterocycles. The first-order valence-electron chi connectivity index (χ1n) is 13.1. The van der Waals surface area contributed by atoms with Crippen LogP contribution >= 0.6 is 0 Å². The number of rotatable bonds is 5. The van der Waals surface area contributed by atoms with Crippen LogP contribution in [-0.4, -0.2) is 36.4 Å². The van der Waals surface area contributed by atoms with Gasteiger partial charge in [-0.3, -0.25) is 4.79 Å². The highest BCUT2D eigenvalue weighted by atomic mass is 32.2. The zero-order valence-electron chi connectivity index (χ0n) is 22.3. The van der Waals surface area contributed by atoms with Gasteiger partial charge in [0.05, 0.1) is 4.90 Å². The molecule has 39 heavy (non-hydrogen) atoms. The number of benzene rings is 2. The fraction of sp³-hybridized carbons (Fsp3) is 0.300. The molecule has 2 aliphatic heterocycles. The summed E-state index contributed by atoms with van der Waals surface area (Å²) in [7, 11) is -4.18. The molecule has 8 nitrogen and oxygen atoms in total. The van der Waals surface area contributed by atoms with Gasteiger partial charge in [-0.2, -0.15) is 0 Å². The third-order valence-electron chi connectivity index (χ3n) is 7.87. The molecule has 2 N–H and O–H groups in total. The van der Waals surface area contributed by atoms with Crippen molar-refractivity contribution >= 4 is 38.2 Å². The van der Waals surface area contributed by atoms with Crippen molar-refractivity contribution in [3.05, 3.63) is 83.6 Å². The summed E-state index contributed by atoms with van der Waals surface area (Å²) in [6, 6.07) is 18.8. The number of carbonyl (C=O) groups is 1. The normalized spacial score (nSPS) is 18.5. The first kappa shape index (κ1) is 25.3. The van der Waals surface area contributed by atoms with Crippen LogP contribution in [0, 0.1) is 5.92 Å². The average molecular weight is 542 g/mol. The van der Waals surface area contributed by atoms with Gasteiger partial charge in [-0.15, -0.1) is 0 Å². The highest BCUT2D eigenvalue weighted by Gasteiger charge is 2.40. The minimum atomic E-state index is -4.18. The number of hydrogen-bond donors (Lipinski definition) is 1. The van der Waals surface area contributed by atoms with E-state index in [1.165, 1.54) is 40.2 Å². The maximum Gasteiger partial charge on any atom is 0.253 e. The van der Waals surface area contributed by atoms with Crippen LogP contribution in [-0.2, 0) is 22.9 Å². The van der Waals surface area contributed by atoms with E-state index in [1.807, 2.05) is 23.1 Å². The van der Waals surface area contributed by atoms with Crippen molar-refractivity contribution in [2.24, 2.45) is 11.7 Å². The molecule has 0 saturated carbocycles. The number of carbonyl (C=O) groups excluding carboxylic acids is 1. The fourth-order valence-corrected chi connectivity index (χ4v) is 7.69. The quantitative estimate of drug-likeness (QED) is 0.390. The van der Waals surface area contributed by atoms with Crippen molar-refractivity contribution in [3.63, 3.8) is 0 Å². The van der Waals surface area contributed by atoms with Crippen molar-refractivity contribution in [1.29, 1.82) is 0 Å². The summed E-state index contributed by atoms with van der Waals surface area (Å²) in [5, 5.41) is 2.30. The summed E-state index contributed by atoms with van der Waals surface area (Å²) < 4.78 is 28.0. The molecular weight excluding hydrogens is 510 g/mol. The van der Waals surface area contributed by atoms with Gasteiger partial charge < -0.3 is 15.5 Å². The van der Waals surface area contributed by atoms with E-state index in [2.05, 4.69) is 59.9 Å². The number of sulfone groups is 1. The smallest absolute Gasteiger partial charge is 0.253 e. The summed E-state index contributed by atoms with van der Waals surface area (Å²) in [6.07, 6.45) is 2.32. The number of nitrogens with zero attached hydrogens (tertiary/aromatic N) is 4. The molecule has 1 saturated heterocycles. The van der Waals surface area contributed by atoms with Crippen LogP contribution in [0.15, 0.2) is 76.8 Å². The van der Waals surface area contributed by atoms with Gasteiger partial charge in [0, 0.05) is 31.4 Å². The van der Waals surface area contributed by atoms with Crippen LogP contribution in [0.2, 0.25) is 0 Å². The molecule has 0 bridgehead atoms. The first-order valence-corrected chi connectivity index (χ1v) is 14.6. The highest BCUT2D eigenvalue weighted by molar-refractivity contribution is 7.91.